The monoisotopic (exact) mass is 510 g/mol. The average Bonchev–Trinajstić information content (AvgIpc) is 3.35. The summed E-state index contributed by atoms with van der Waals surface area (Å²) in [6, 6.07) is 17.8. The van der Waals surface area contributed by atoms with Gasteiger partial charge >= 0.3 is 0 Å². The number of aromatic nitrogens is 3. The Bertz CT molecular complexity index is 1570. The van der Waals surface area contributed by atoms with E-state index in [0.29, 0.717) is 39.7 Å². The fraction of sp³-hybridized carbons (Fsp3) is 0.240. The zero-order chi connectivity index (χ0) is 24.8. The molecular formula is C25H23ClN4O4S. The Hall–Kier alpha value is -3.27. The van der Waals surface area contributed by atoms with Crippen LogP contribution >= 0.6 is 11.6 Å². The van der Waals surface area contributed by atoms with Crippen LogP contribution < -0.4 is 5.32 Å². The van der Waals surface area contributed by atoms with Gasteiger partial charge in [-0.05, 0) is 49.7 Å². The van der Waals surface area contributed by atoms with E-state index in [9.17, 15) is 18.3 Å². The molecular weight excluding hydrogens is 488 g/mol. The van der Waals surface area contributed by atoms with Crippen LogP contribution in [0.1, 0.15) is 29.4 Å². The van der Waals surface area contributed by atoms with Gasteiger partial charge in [0.05, 0.1) is 39.9 Å². The summed E-state index contributed by atoms with van der Waals surface area (Å²) < 4.78 is 25.5. The molecule has 1 fully saturated rings. The average molecular weight is 511 g/mol. The number of hydrogen-bond acceptors (Lipinski definition) is 6. The van der Waals surface area contributed by atoms with Crippen molar-refractivity contribution in [2.75, 3.05) is 11.5 Å². The molecule has 10 heteroatoms. The van der Waals surface area contributed by atoms with Crippen LogP contribution in [0.3, 0.4) is 0 Å². The van der Waals surface area contributed by atoms with E-state index in [-0.39, 0.29) is 24.0 Å². The maximum absolute atomic E-state index is 13.1. The summed E-state index contributed by atoms with van der Waals surface area (Å²) in [7, 11) is -3.17. The minimum absolute atomic E-state index is 0.0592. The van der Waals surface area contributed by atoms with Crippen molar-refractivity contribution >= 4 is 38.2 Å². The van der Waals surface area contributed by atoms with Crippen molar-refractivity contribution in [2.24, 2.45) is 0 Å². The topological polar surface area (TPSA) is 114 Å². The number of nitrogens with one attached hydrogen (secondary N) is 1. The maximum Gasteiger partial charge on any atom is 0.251 e. The van der Waals surface area contributed by atoms with Gasteiger partial charge in [-0.25, -0.2) is 18.1 Å². The summed E-state index contributed by atoms with van der Waals surface area (Å²) in [6.07, 6.45) is 0.371. The lowest BCUT2D eigenvalue weighted by Gasteiger charge is -2.23. The summed E-state index contributed by atoms with van der Waals surface area (Å²) in [5.41, 5.74) is 2.02. The Morgan fingerprint density at radius 2 is 1.97 bits per heavy atom. The molecule has 180 valence electrons. The third kappa shape index (κ3) is 4.54. The smallest absolute Gasteiger partial charge is 0.251 e. The number of amides is 1. The van der Waals surface area contributed by atoms with Gasteiger partial charge in [0.15, 0.2) is 15.7 Å². The normalized spacial score (nSPS) is 19.2. The van der Waals surface area contributed by atoms with Gasteiger partial charge in [-0.2, -0.15) is 5.10 Å². The van der Waals surface area contributed by atoms with Crippen LogP contribution in [0.2, 0.25) is 5.02 Å². The summed E-state index contributed by atoms with van der Waals surface area (Å²) in [4.78, 5) is 17.6. The lowest BCUT2D eigenvalue weighted by atomic mass is 10.0. The number of rotatable bonds is 5. The van der Waals surface area contributed by atoms with Crippen molar-refractivity contribution in [3.05, 3.63) is 76.9 Å². The van der Waals surface area contributed by atoms with Gasteiger partial charge in [0.25, 0.3) is 5.91 Å². The number of nitrogens with zero attached hydrogens (tertiary/aromatic N) is 3. The number of pyridine rings is 1. The van der Waals surface area contributed by atoms with Crippen molar-refractivity contribution < 1.29 is 18.3 Å². The molecule has 8 nitrogen and oxygen atoms in total. The van der Waals surface area contributed by atoms with Gasteiger partial charge in [-0.1, -0.05) is 35.9 Å². The zero-order valence-corrected chi connectivity index (χ0v) is 20.5. The van der Waals surface area contributed by atoms with Gasteiger partial charge in [0.2, 0.25) is 0 Å². The standard InChI is InChI=1S/C25H23ClN4O4S/c1-25(11-12-35(33,34)15-25)28-24(32)16-9-10-19-21(13-16)30(22-8-4-5-17(14-31)27-22)29-23(19)18-6-2-3-7-20(18)26/h2-10,13,31H,11-12,14-15H2,1H3,(H,28,32). The van der Waals surface area contributed by atoms with Crippen LogP contribution in [-0.2, 0) is 16.4 Å². The van der Waals surface area contributed by atoms with Crippen LogP contribution in [0.15, 0.2) is 60.7 Å². The van der Waals surface area contributed by atoms with E-state index in [2.05, 4.69) is 10.3 Å². The van der Waals surface area contributed by atoms with E-state index in [1.807, 2.05) is 18.2 Å². The first-order chi connectivity index (χ1) is 16.7. The lowest BCUT2D eigenvalue weighted by molar-refractivity contribution is 0.0915. The quantitative estimate of drug-likeness (QED) is 0.424. The van der Waals surface area contributed by atoms with E-state index in [0.717, 1.165) is 10.9 Å². The Balaban J connectivity index is 1.63. The summed E-state index contributed by atoms with van der Waals surface area (Å²) in [5, 5.41) is 18.5. The molecule has 1 aliphatic heterocycles. The van der Waals surface area contributed by atoms with Crippen LogP contribution in [0.5, 0.6) is 0 Å². The van der Waals surface area contributed by atoms with Crippen LogP contribution in [0, 0.1) is 0 Å². The molecule has 1 amide bonds. The molecule has 0 bridgehead atoms. The number of hydrogen-bond donors (Lipinski definition) is 2. The number of sulfone groups is 1. The molecule has 3 heterocycles. The third-order valence-corrected chi connectivity index (χ3v) is 8.39. The van der Waals surface area contributed by atoms with E-state index in [4.69, 9.17) is 16.7 Å². The van der Waals surface area contributed by atoms with Crippen molar-refractivity contribution in [3.63, 3.8) is 0 Å². The van der Waals surface area contributed by atoms with Gasteiger partial charge in [-0.3, -0.25) is 4.79 Å². The van der Waals surface area contributed by atoms with Crippen LogP contribution in [0.25, 0.3) is 28.0 Å². The van der Waals surface area contributed by atoms with Gasteiger partial charge in [0, 0.05) is 16.5 Å². The highest BCUT2D eigenvalue weighted by molar-refractivity contribution is 7.91. The molecule has 2 N–H and O–H groups in total. The first-order valence-electron chi connectivity index (χ1n) is 11.1. The molecule has 1 saturated heterocycles. The van der Waals surface area contributed by atoms with Gasteiger partial charge in [-0.15, -0.1) is 0 Å². The molecule has 1 atom stereocenters. The predicted octanol–water partition coefficient (Wildman–Crippen LogP) is 3.54. The highest BCUT2D eigenvalue weighted by Crippen LogP contribution is 2.34. The van der Waals surface area contributed by atoms with E-state index in [1.54, 1.807) is 54.1 Å². The molecule has 1 unspecified atom stereocenters. The molecule has 1 aliphatic rings. The molecule has 0 aliphatic carbocycles. The number of halogens is 1. The number of carbonyl (C=O) groups is 1. The zero-order valence-electron chi connectivity index (χ0n) is 18.9. The Morgan fingerprint density at radius 3 is 2.69 bits per heavy atom. The number of carbonyl (C=O) groups excluding carboxylic acids is 1. The molecule has 0 spiro atoms. The lowest BCUT2D eigenvalue weighted by Crippen LogP contribution is -2.46. The molecule has 2 aromatic heterocycles. The second kappa shape index (κ2) is 8.75. The number of benzene rings is 2. The fourth-order valence-corrected chi connectivity index (χ4v) is 6.73. The van der Waals surface area contributed by atoms with Gasteiger partial charge in [0.1, 0.15) is 5.69 Å². The molecule has 2 aromatic carbocycles. The molecule has 0 saturated carbocycles. The minimum atomic E-state index is -3.17. The van der Waals surface area contributed by atoms with Crippen molar-refractivity contribution in [2.45, 2.75) is 25.5 Å². The molecule has 35 heavy (non-hydrogen) atoms. The number of fused-ring (bicyclic) bond motifs is 1. The van der Waals surface area contributed by atoms with Crippen LogP contribution in [-0.4, -0.2) is 51.2 Å². The first kappa shape index (κ1) is 23.5. The Kier molecular flexibility index (Phi) is 5.86. The van der Waals surface area contributed by atoms with Crippen LogP contribution in [0.4, 0.5) is 0 Å². The third-order valence-electron chi connectivity index (χ3n) is 6.16. The number of aliphatic hydroxyl groups is 1. The number of aliphatic hydroxyl groups excluding tert-OH is 1. The van der Waals surface area contributed by atoms with E-state index < -0.39 is 15.4 Å². The Morgan fingerprint density at radius 1 is 1.17 bits per heavy atom. The second-order valence-electron chi connectivity index (χ2n) is 8.97. The summed E-state index contributed by atoms with van der Waals surface area (Å²) in [6.45, 7) is 1.53. The summed E-state index contributed by atoms with van der Waals surface area (Å²) in [5.74, 6) is 0.0891. The minimum Gasteiger partial charge on any atom is -0.390 e. The molecule has 0 radical (unpaired) electrons. The first-order valence-corrected chi connectivity index (χ1v) is 13.3. The largest absolute Gasteiger partial charge is 0.390 e. The fourth-order valence-electron chi connectivity index (χ4n) is 4.41. The maximum atomic E-state index is 13.1. The highest BCUT2D eigenvalue weighted by atomic mass is 35.5. The van der Waals surface area contributed by atoms with Crippen molar-refractivity contribution in [1.29, 1.82) is 0 Å². The molecule has 4 aromatic rings. The Labute approximate surface area is 207 Å². The molecule has 5 rings (SSSR count). The summed E-state index contributed by atoms with van der Waals surface area (Å²) >= 11 is 6.47. The van der Waals surface area contributed by atoms with Crippen molar-refractivity contribution in [1.82, 2.24) is 20.1 Å². The highest BCUT2D eigenvalue weighted by Gasteiger charge is 2.39. The SMILES string of the molecule is CC1(NC(=O)c2ccc3c(-c4ccccc4Cl)nn(-c4cccc(CO)n4)c3c2)CCS(=O)(=O)C1. The predicted molar refractivity (Wildman–Crippen MR) is 134 cm³/mol. The van der Waals surface area contributed by atoms with Crippen molar-refractivity contribution in [3.8, 4) is 17.1 Å². The van der Waals surface area contributed by atoms with Gasteiger partial charge < -0.3 is 10.4 Å². The van der Waals surface area contributed by atoms with E-state index in [1.165, 1.54) is 0 Å². The van der Waals surface area contributed by atoms with E-state index >= 15 is 0 Å². The second-order valence-corrected chi connectivity index (χ2v) is 11.6.